The standard InChI is InChI=1S/C11H12N4O2/c12-9-4-5-11(17)15(13-9)8-7-14-6-2-1-3-10(14)16/h1-6H,7-8H2,(H2,12,13). The number of anilines is 1. The Kier molecular flexibility index (Phi) is 3.04. The molecule has 0 bridgehead atoms. The van der Waals surface area contributed by atoms with Crippen molar-refractivity contribution < 1.29 is 0 Å². The van der Waals surface area contributed by atoms with Crippen molar-refractivity contribution >= 4 is 5.82 Å². The van der Waals surface area contributed by atoms with Crippen LogP contribution in [0.3, 0.4) is 0 Å². The van der Waals surface area contributed by atoms with Gasteiger partial charge in [-0.1, -0.05) is 6.07 Å². The monoisotopic (exact) mass is 232 g/mol. The Hall–Kier alpha value is -2.37. The summed E-state index contributed by atoms with van der Waals surface area (Å²) in [5.74, 6) is 0.282. The summed E-state index contributed by atoms with van der Waals surface area (Å²) in [6, 6.07) is 7.71. The smallest absolute Gasteiger partial charge is 0.266 e. The maximum atomic E-state index is 11.4. The van der Waals surface area contributed by atoms with Gasteiger partial charge in [0.25, 0.3) is 11.1 Å². The molecule has 2 N–H and O–H groups in total. The van der Waals surface area contributed by atoms with Gasteiger partial charge in [-0.05, 0) is 12.1 Å². The van der Waals surface area contributed by atoms with Gasteiger partial charge in [0, 0.05) is 24.9 Å². The molecule has 0 aliphatic rings. The fourth-order valence-electron chi connectivity index (χ4n) is 1.47. The van der Waals surface area contributed by atoms with Gasteiger partial charge in [0.1, 0.15) is 5.82 Å². The highest BCUT2D eigenvalue weighted by Crippen LogP contribution is 1.90. The first-order chi connectivity index (χ1) is 8.16. The van der Waals surface area contributed by atoms with Gasteiger partial charge in [-0.25, -0.2) is 4.68 Å². The lowest BCUT2D eigenvalue weighted by molar-refractivity contribution is 0.505. The highest BCUT2D eigenvalue weighted by molar-refractivity contribution is 5.23. The molecule has 2 rings (SSSR count). The van der Waals surface area contributed by atoms with Crippen molar-refractivity contribution in [2.45, 2.75) is 13.1 Å². The normalized spacial score (nSPS) is 10.4. The van der Waals surface area contributed by atoms with Crippen LogP contribution in [-0.4, -0.2) is 14.3 Å². The van der Waals surface area contributed by atoms with E-state index in [0.717, 1.165) is 0 Å². The summed E-state index contributed by atoms with van der Waals surface area (Å²) < 4.78 is 2.76. The average Bonchev–Trinajstić information content (AvgIpc) is 2.32. The number of pyridine rings is 1. The molecule has 0 saturated heterocycles. The van der Waals surface area contributed by atoms with Crippen LogP contribution in [0.15, 0.2) is 46.1 Å². The molecule has 2 heterocycles. The molecule has 0 aliphatic heterocycles. The molecule has 0 fully saturated rings. The number of hydrogen-bond acceptors (Lipinski definition) is 4. The molecule has 6 nitrogen and oxygen atoms in total. The Balaban J connectivity index is 2.18. The topological polar surface area (TPSA) is 82.9 Å². The second-order valence-corrected chi connectivity index (χ2v) is 3.55. The zero-order valence-corrected chi connectivity index (χ0v) is 9.11. The zero-order valence-electron chi connectivity index (χ0n) is 9.11. The van der Waals surface area contributed by atoms with E-state index < -0.39 is 0 Å². The summed E-state index contributed by atoms with van der Waals surface area (Å²) in [6.07, 6.45) is 1.67. The van der Waals surface area contributed by atoms with E-state index in [0.29, 0.717) is 13.1 Å². The van der Waals surface area contributed by atoms with Crippen LogP contribution in [0.4, 0.5) is 5.82 Å². The van der Waals surface area contributed by atoms with E-state index in [9.17, 15) is 9.59 Å². The third-order valence-electron chi connectivity index (χ3n) is 2.34. The summed E-state index contributed by atoms with van der Waals surface area (Å²) in [4.78, 5) is 22.9. The maximum Gasteiger partial charge on any atom is 0.266 e. The summed E-state index contributed by atoms with van der Waals surface area (Å²) in [5, 5.41) is 3.88. The van der Waals surface area contributed by atoms with E-state index in [1.54, 1.807) is 18.3 Å². The zero-order chi connectivity index (χ0) is 12.3. The highest BCUT2D eigenvalue weighted by Gasteiger charge is 1.99. The minimum Gasteiger partial charge on any atom is -0.382 e. The molecule has 88 valence electrons. The van der Waals surface area contributed by atoms with E-state index in [1.807, 2.05) is 0 Å². The van der Waals surface area contributed by atoms with Crippen LogP contribution < -0.4 is 16.9 Å². The third kappa shape index (κ3) is 2.60. The SMILES string of the molecule is Nc1ccc(=O)n(CCn2ccccc2=O)n1. The minimum absolute atomic E-state index is 0.107. The van der Waals surface area contributed by atoms with Crippen molar-refractivity contribution in [3.63, 3.8) is 0 Å². The molecule has 0 aliphatic carbocycles. The van der Waals surface area contributed by atoms with Crippen molar-refractivity contribution in [3.05, 3.63) is 57.2 Å². The van der Waals surface area contributed by atoms with Crippen LogP contribution in [0.2, 0.25) is 0 Å². The average molecular weight is 232 g/mol. The van der Waals surface area contributed by atoms with Crippen LogP contribution in [0, 0.1) is 0 Å². The number of aromatic nitrogens is 3. The van der Waals surface area contributed by atoms with Crippen molar-refractivity contribution in [1.29, 1.82) is 0 Å². The van der Waals surface area contributed by atoms with Crippen molar-refractivity contribution in [2.75, 3.05) is 5.73 Å². The molecule has 0 saturated carbocycles. The van der Waals surface area contributed by atoms with Gasteiger partial charge in [0.15, 0.2) is 0 Å². The second-order valence-electron chi connectivity index (χ2n) is 3.55. The fraction of sp³-hybridized carbons (Fsp3) is 0.182. The molecule has 0 radical (unpaired) electrons. The van der Waals surface area contributed by atoms with Crippen molar-refractivity contribution in [1.82, 2.24) is 14.3 Å². The van der Waals surface area contributed by atoms with Crippen LogP contribution in [0.5, 0.6) is 0 Å². The summed E-state index contributed by atoms with van der Waals surface area (Å²) >= 11 is 0. The minimum atomic E-state index is -0.233. The first kappa shape index (κ1) is 11.1. The summed E-state index contributed by atoms with van der Waals surface area (Å²) in [6.45, 7) is 0.698. The second kappa shape index (κ2) is 4.65. The lowest BCUT2D eigenvalue weighted by atomic mass is 10.4. The highest BCUT2D eigenvalue weighted by atomic mass is 16.1. The maximum absolute atomic E-state index is 11.4. The lowest BCUT2D eigenvalue weighted by Crippen LogP contribution is -2.27. The van der Waals surface area contributed by atoms with E-state index in [-0.39, 0.29) is 16.9 Å². The van der Waals surface area contributed by atoms with Gasteiger partial charge in [-0.2, -0.15) is 5.10 Å². The van der Waals surface area contributed by atoms with Crippen molar-refractivity contribution in [2.24, 2.45) is 0 Å². The molecule has 6 heteroatoms. The Bertz CT molecular complexity index is 630. The number of nitrogens with zero attached hydrogens (tertiary/aromatic N) is 3. The predicted molar refractivity (Wildman–Crippen MR) is 63.6 cm³/mol. The Labute approximate surface area is 96.9 Å². The van der Waals surface area contributed by atoms with Gasteiger partial charge < -0.3 is 10.3 Å². The lowest BCUT2D eigenvalue weighted by Gasteiger charge is -2.06. The quantitative estimate of drug-likeness (QED) is 0.786. The third-order valence-corrected chi connectivity index (χ3v) is 2.34. The van der Waals surface area contributed by atoms with Gasteiger partial charge in [0.2, 0.25) is 0 Å². The fourth-order valence-corrected chi connectivity index (χ4v) is 1.47. The Morgan fingerprint density at radius 2 is 1.88 bits per heavy atom. The van der Waals surface area contributed by atoms with Gasteiger partial charge in [-0.3, -0.25) is 9.59 Å². The first-order valence-electron chi connectivity index (χ1n) is 5.16. The summed E-state index contributed by atoms with van der Waals surface area (Å²) in [7, 11) is 0. The predicted octanol–water partition coefficient (Wildman–Crippen LogP) is -0.313. The van der Waals surface area contributed by atoms with Crippen LogP contribution >= 0.6 is 0 Å². The summed E-state index contributed by atoms with van der Waals surface area (Å²) in [5.41, 5.74) is 5.15. The number of nitrogen functional groups attached to an aromatic ring is 1. The van der Waals surface area contributed by atoms with Gasteiger partial charge in [0.05, 0.1) is 6.54 Å². The van der Waals surface area contributed by atoms with Crippen LogP contribution in [0.25, 0.3) is 0 Å². The molecule has 0 spiro atoms. The Morgan fingerprint density at radius 3 is 2.65 bits per heavy atom. The van der Waals surface area contributed by atoms with Crippen LogP contribution in [-0.2, 0) is 13.1 Å². The molecule has 0 amide bonds. The number of rotatable bonds is 3. The molecule has 17 heavy (non-hydrogen) atoms. The molecule has 0 unspecified atom stereocenters. The molecular weight excluding hydrogens is 220 g/mol. The molecular formula is C11H12N4O2. The molecule has 2 aromatic heterocycles. The first-order valence-corrected chi connectivity index (χ1v) is 5.16. The van der Waals surface area contributed by atoms with E-state index in [2.05, 4.69) is 5.10 Å². The van der Waals surface area contributed by atoms with E-state index in [1.165, 1.54) is 27.4 Å². The largest absolute Gasteiger partial charge is 0.382 e. The van der Waals surface area contributed by atoms with Gasteiger partial charge >= 0.3 is 0 Å². The number of aryl methyl sites for hydroxylation is 2. The van der Waals surface area contributed by atoms with E-state index >= 15 is 0 Å². The van der Waals surface area contributed by atoms with E-state index in [4.69, 9.17) is 5.73 Å². The van der Waals surface area contributed by atoms with Crippen LogP contribution in [0.1, 0.15) is 0 Å². The van der Waals surface area contributed by atoms with Crippen molar-refractivity contribution in [3.8, 4) is 0 Å². The number of hydrogen-bond donors (Lipinski definition) is 1. The van der Waals surface area contributed by atoms with Gasteiger partial charge in [-0.15, -0.1) is 0 Å². The molecule has 2 aromatic rings. The molecule has 0 aromatic carbocycles. The Morgan fingerprint density at radius 1 is 1.06 bits per heavy atom. The number of nitrogens with two attached hydrogens (primary N) is 1. The molecule has 0 atom stereocenters.